The van der Waals surface area contributed by atoms with Gasteiger partial charge < -0.3 is 25.2 Å². The van der Waals surface area contributed by atoms with Crippen LogP contribution in [0.4, 0.5) is 0 Å². The lowest BCUT2D eigenvalue weighted by Crippen LogP contribution is -2.61. The average Bonchev–Trinajstić information content (AvgIpc) is 2.99. The minimum Gasteiger partial charge on any atom is -0.875 e. The molecule has 41 heavy (non-hydrogen) atoms. The molecule has 10 unspecified atom stereocenters. The van der Waals surface area contributed by atoms with Gasteiger partial charge in [0.2, 0.25) is 0 Å². The van der Waals surface area contributed by atoms with E-state index < -0.39 is 0 Å². The molecule has 0 radical (unpaired) electrons. The molecule has 6 aliphatic rings. The molecule has 4 saturated carbocycles. The van der Waals surface area contributed by atoms with E-state index in [1.807, 2.05) is 0 Å². The number of rotatable bonds is 5. The van der Waals surface area contributed by atoms with E-state index in [9.17, 15) is 19.5 Å². The van der Waals surface area contributed by atoms with Crippen molar-refractivity contribution in [2.75, 3.05) is 14.2 Å². The molecule has 222 valence electrons. The lowest BCUT2D eigenvalue weighted by Gasteiger charge is -2.53. The van der Waals surface area contributed by atoms with E-state index in [-0.39, 0.29) is 82.5 Å². The van der Waals surface area contributed by atoms with E-state index in [4.69, 9.17) is 9.47 Å². The van der Waals surface area contributed by atoms with Crippen LogP contribution in [-0.4, -0.2) is 56.1 Å². The van der Waals surface area contributed by atoms with Gasteiger partial charge >= 0.3 is 0 Å². The minimum absolute atomic E-state index is 0.0448. The topological polar surface area (TPSA) is 117 Å². The monoisotopic (exact) mass is 563 g/mol. The van der Waals surface area contributed by atoms with Crippen LogP contribution >= 0.6 is 0 Å². The highest BCUT2D eigenvalue weighted by Gasteiger charge is 2.52. The Labute approximate surface area is 242 Å². The highest BCUT2D eigenvalue weighted by molar-refractivity contribution is 6.22. The number of carbonyl (C=O) groups is 3. The number of hydrogen-bond donors (Lipinski definition) is 2. The van der Waals surface area contributed by atoms with Crippen molar-refractivity contribution in [3.8, 4) is 0 Å². The Bertz CT molecular complexity index is 1190. The number of ketones is 1. The fraction of sp³-hybridized carbons (Fsp3) is 0.667. The molecule has 2 N–H and O–H groups in total. The van der Waals surface area contributed by atoms with Crippen molar-refractivity contribution < 1.29 is 29.0 Å². The van der Waals surface area contributed by atoms with Gasteiger partial charge in [0.05, 0.1) is 17.8 Å². The molecule has 1 saturated heterocycles. The summed E-state index contributed by atoms with van der Waals surface area (Å²) in [7, 11) is 3.45. The second-order valence-corrected chi connectivity index (χ2v) is 12.9. The van der Waals surface area contributed by atoms with Crippen LogP contribution in [0.15, 0.2) is 47.3 Å². The summed E-state index contributed by atoms with van der Waals surface area (Å²) in [6.07, 6.45) is 18.2. The Morgan fingerprint density at radius 2 is 1.24 bits per heavy atom. The standard InChI is InChI=1S/C33H44N2O6/c1-40-26-16-24-28(20-12-8-6-10-18(20)26)34-32(38)22(30(24)36)14-4-3-5-15-23-31(37)25-17-27(41-2)19-11-7-9-13-21(19)29(25)35-33(23)39/h3-5,14-15,18-21,24-29,36H,6-13,16-17H2,1-2H3,(H,34,38)(H,35,39)/p-1/b5-3?,14-4?,23-15-. The number of piperidine rings is 1. The smallest absolute Gasteiger partial charge is 0.255 e. The number of hydrogen-bond acceptors (Lipinski definition) is 6. The molecule has 2 heterocycles. The van der Waals surface area contributed by atoms with Crippen molar-refractivity contribution in [3.05, 3.63) is 47.3 Å². The van der Waals surface area contributed by atoms with Gasteiger partial charge in [-0.25, -0.2) is 0 Å². The van der Waals surface area contributed by atoms with Crippen molar-refractivity contribution in [3.63, 3.8) is 0 Å². The van der Waals surface area contributed by atoms with Crippen LogP contribution in [0.1, 0.15) is 64.2 Å². The van der Waals surface area contributed by atoms with E-state index in [1.165, 1.54) is 12.8 Å². The molecule has 0 aromatic rings. The van der Waals surface area contributed by atoms with Gasteiger partial charge in [0.15, 0.2) is 5.78 Å². The molecule has 6 rings (SSSR count). The zero-order valence-electron chi connectivity index (χ0n) is 24.2. The molecule has 0 aromatic heterocycles. The first kappa shape index (κ1) is 28.4. The third kappa shape index (κ3) is 5.11. The highest BCUT2D eigenvalue weighted by Crippen LogP contribution is 2.48. The first-order valence-corrected chi connectivity index (χ1v) is 15.6. The fourth-order valence-corrected chi connectivity index (χ4v) is 9.19. The number of Topliss-reactive ketones (excluding diaryl/α,β-unsaturated/α-hetero) is 1. The van der Waals surface area contributed by atoms with Gasteiger partial charge in [0.1, 0.15) is 0 Å². The van der Waals surface area contributed by atoms with Crippen LogP contribution in [0.25, 0.3) is 0 Å². The summed E-state index contributed by atoms with van der Waals surface area (Å²) < 4.78 is 11.6. The maximum absolute atomic E-state index is 13.4. The predicted octanol–water partition coefficient (Wildman–Crippen LogP) is 2.89. The van der Waals surface area contributed by atoms with Gasteiger partial charge in [0.25, 0.3) is 11.8 Å². The van der Waals surface area contributed by atoms with Gasteiger partial charge in [0, 0.05) is 37.8 Å². The average molecular weight is 564 g/mol. The Hall–Kier alpha value is -2.71. The second kappa shape index (κ2) is 11.9. The SMILES string of the molecule is COC1CC2C(=O)/C(=C/C=CC=CC3=C([O-])C4CC(OC)C5CCCCC5C4NC3=O)C(=O)NC2C2CCCCC12. The zero-order valence-corrected chi connectivity index (χ0v) is 24.2. The highest BCUT2D eigenvalue weighted by atomic mass is 16.5. The van der Waals surface area contributed by atoms with Crippen LogP contribution in [0, 0.1) is 35.5 Å². The molecule has 8 nitrogen and oxygen atoms in total. The molecule has 8 heteroatoms. The number of fused-ring (bicyclic) bond motifs is 6. The maximum atomic E-state index is 13.4. The van der Waals surface area contributed by atoms with E-state index in [0.29, 0.717) is 24.7 Å². The number of ether oxygens (including phenoxy) is 2. The summed E-state index contributed by atoms with van der Waals surface area (Å²) in [6, 6.07) is -0.240. The predicted molar refractivity (Wildman–Crippen MR) is 151 cm³/mol. The largest absolute Gasteiger partial charge is 0.875 e. The van der Waals surface area contributed by atoms with E-state index in [2.05, 4.69) is 10.6 Å². The lowest BCUT2D eigenvalue weighted by molar-refractivity contribution is -0.323. The summed E-state index contributed by atoms with van der Waals surface area (Å²) >= 11 is 0. The van der Waals surface area contributed by atoms with Crippen molar-refractivity contribution in [1.82, 2.24) is 10.6 Å². The Balaban J connectivity index is 1.15. The van der Waals surface area contributed by atoms with Crippen molar-refractivity contribution in [2.24, 2.45) is 35.5 Å². The Morgan fingerprint density at radius 3 is 1.85 bits per heavy atom. The van der Waals surface area contributed by atoms with Crippen LogP contribution < -0.4 is 15.7 Å². The molecule has 0 aromatic carbocycles. The summed E-state index contributed by atoms with van der Waals surface area (Å²) in [5.41, 5.74) is 0.300. The fourth-order valence-electron chi connectivity index (χ4n) is 9.19. The molecule has 2 amide bonds. The molecular weight excluding hydrogens is 520 g/mol. The van der Waals surface area contributed by atoms with Crippen LogP contribution in [0.3, 0.4) is 0 Å². The molecule has 4 aliphatic carbocycles. The van der Waals surface area contributed by atoms with Gasteiger partial charge in [-0.1, -0.05) is 50.0 Å². The van der Waals surface area contributed by atoms with E-state index in [1.54, 1.807) is 44.6 Å². The molecular formula is C33H43N2O6-. The first-order chi connectivity index (χ1) is 19.9. The third-order valence-corrected chi connectivity index (χ3v) is 11.1. The number of nitrogens with one attached hydrogen (secondary N) is 2. The van der Waals surface area contributed by atoms with Crippen LogP contribution in [0.5, 0.6) is 0 Å². The van der Waals surface area contributed by atoms with Gasteiger partial charge in [-0.2, -0.15) is 0 Å². The minimum atomic E-state index is -0.321. The van der Waals surface area contributed by atoms with Gasteiger partial charge in [-0.05, 0) is 74.2 Å². The van der Waals surface area contributed by atoms with Crippen molar-refractivity contribution in [1.29, 1.82) is 0 Å². The Kier molecular flexibility index (Phi) is 8.23. The quantitative estimate of drug-likeness (QED) is 0.302. The molecule has 5 fully saturated rings. The number of carbonyl (C=O) groups excluding carboxylic acids is 3. The van der Waals surface area contributed by atoms with Gasteiger partial charge in [-0.15, -0.1) is 5.76 Å². The Morgan fingerprint density at radius 1 is 0.707 bits per heavy atom. The molecule has 10 atom stereocenters. The number of amides is 2. The van der Waals surface area contributed by atoms with Crippen LogP contribution in [-0.2, 0) is 23.9 Å². The maximum Gasteiger partial charge on any atom is 0.255 e. The van der Waals surface area contributed by atoms with Crippen molar-refractivity contribution >= 4 is 17.6 Å². The summed E-state index contributed by atoms with van der Waals surface area (Å²) in [6.45, 7) is 0. The summed E-state index contributed by atoms with van der Waals surface area (Å²) in [5.74, 6) is -0.0700. The number of allylic oxidation sites excluding steroid dienone is 4. The molecule has 2 aliphatic heterocycles. The lowest BCUT2D eigenvalue weighted by atomic mass is 9.61. The number of methoxy groups -OCH3 is 2. The normalized spacial score (nSPS) is 42.0. The van der Waals surface area contributed by atoms with Crippen LogP contribution in [0.2, 0.25) is 0 Å². The second-order valence-electron chi connectivity index (χ2n) is 12.9. The third-order valence-electron chi connectivity index (χ3n) is 11.1. The molecule has 0 bridgehead atoms. The summed E-state index contributed by atoms with van der Waals surface area (Å²) in [5, 5.41) is 19.7. The first-order valence-electron chi connectivity index (χ1n) is 15.6. The van der Waals surface area contributed by atoms with Crippen molar-refractivity contribution in [2.45, 2.75) is 88.5 Å². The van der Waals surface area contributed by atoms with E-state index in [0.717, 1.165) is 38.5 Å². The van der Waals surface area contributed by atoms with E-state index >= 15 is 0 Å². The molecule has 0 spiro atoms. The summed E-state index contributed by atoms with van der Waals surface area (Å²) in [4.78, 5) is 39.4. The van der Waals surface area contributed by atoms with Gasteiger partial charge in [-0.3, -0.25) is 14.4 Å². The zero-order chi connectivity index (χ0) is 28.7.